The van der Waals surface area contributed by atoms with Crippen molar-refractivity contribution in [1.82, 2.24) is 19.7 Å². The number of aromatic amines is 1. The number of carbonyl (C=O) groups is 1. The molecule has 0 aliphatic carbocycles. The number of imidazole rings is 1. The number of rotatable bonds is 4. The molecule has 7 heteroatoms. The van der Waals surface area contributed by atoms with Gasteiger partial charge < -0.3 is 14.6 Å². The van der Waals surface area contributed by atoms with Crippen molar-refractivity contribution in [2.75, 3.05) is 18.6 Å². The summed E-state index contributed by atoms with van der Waals surface area (Å²) >= 11 is 0. The van der Waals surface area contributed by atoms with Crippen LogP contribution in [0.3, 0.4) is 0 Å². The number of hydrogen-bond acceptors (Lipinski definition) is 4. The number of methoxy groups -OCH3 is 1. The van der Waals surface area contributed by atoms with Crippen LogP contribution in [0.1, 0.15) is 29.6 Å². The lowest BCUT2D eigenvalue weighted by atomic mass is 10.1. The van der Waals surface area contributed by atoms with E-state index in [1.54, 1.807) is 12.0 Å². The molecule has 2 aromatic heterocycles. The van der Waals surface area contributed by atoms with Crippen LogP contribution in [0.2, 0.25) is 0 Å². The highest BCUT2D eigenvalue weighted by molar-refractivity contribution is 5.97. The van der Waals surface area contributed by atoms with Crippen LogP contribution in [0.25, 0.3) is 11.3 Å². The Morgan fingerprint density at radius 3 is 2.74 bits per heavy atom. The van der Waals surface area contributed by atoms with Gasteiger partial charge in [-0.15, -0.1) is 0 Å². The first-order valence-electron chi connectivity index (χ1n) is 8.98. The minimum Gasteiger partial charge on any atom is -0.495 e. The molecule has 1 atom stereocenters. The Labute approximate surface area is 158 Å². The minimum absolute atomic E-state index is 0.0217. The molecule has 1 fully saturated rings. The molecule has 0 radical (unpaired) electrons. The lowest BCUT2D eigenvalue weighted by Crippen LogP contribution is -2.24. The highest BCUT2D eigenvalue weighted by Crippen LogP contribution is 2.36. The molecule has 1 saturated heterocycles. The molecule has 1 aliphatic heterocycles. The van der Waals surface area contributed by atoms with Crippen molar-refractivity contribution >= 4 is 11.6 Å². The fourth-order valence-corrected chi connectivity index (χ4v) is 3.81. The molecule has 1 aromatic carbocycles. The van der Waals surface area contributed by atoms with Crippen LogP contribution < -0.4 is 9.64 Å². The second-order valence-corrected chi connectivity index (χ2v) is 6.93. The Bertz CT molecular complexity index is 1000. The summed E-state index contributed by atoms with van der Waals surface area (Å²) in [5.41, 5.74) is 4.86. The van der Waals surface area contributed by atoms with Gasteiger partial charge in [-0.05, 0) is 26.0 Å². The molecule has 3 heterocycles. The molecule has 1 amide bonds. The molecule has 0 spiro atoms. The lowest BCUT2D eigenvalue weighted by molar-refractivity contribution is -0.117. The van der Waals surface area contributed by atoms with Gasteiger partial charge in [0.2, 0.25) is 5.91 Å². The summed E-state index contributed by atoms with van der Waals surface area (Å²) in [6.07, 6.45) is 2.26. The van der Waals surface area contributed by atoms with Crippen LogP contribution >= 0.6 is 0 Å². The molecule has 0 bridgehead atoms. The SMILES string of the molecule is COc1ccccc1N1C[C@@H](c2ncc(-c3c(C)nn(C)c3C)[nH]2)CC1=O. The zero-order valence-electron chi connectivity index (χ0n) is 16.0. The quantitative estimate of drug-likeness (QED) is 0.771. The molecule has 27 heavy (non-hydrogen) atoms. The first-order chi connectivity index (χ1) is 13.0. The first kappa shape index (κ1) is 17.3. The van der Waals surface area contributed by atoms with E-state index in [0.717, 1.165) is 34.2 Å². The zero-order valence-corrected chi connectivity index (χ0v) is 16.0. The monoisotopic (exact) mass is 365 g/mol. The highest BCUT2D eigenvalue weighted by atomic mass is 16.5. The fraction of sp³-hybridized carbons (Fsp3) is 0.350. The molecule has 140 valence electrons. The van der Waals surface area contributed by atoms with Crippen molar-refractivity contribution in [2.24, 2.45) is 7.05 Å². The first-order valence-corrected chi connectivity index (χ1v) is 8.98. The Morgan fingerprint density at radius 1 is 1.26 bits per heavy atom. The predicted molar refractivity (Wildman–Crippen MR) is 103 cm³/mol. The topological polar surface area (TPSA) is 76.0 Å². The second-order valence-electron chi connectivity index (χ2n) is 6.93. The number of para-hydroxylation sites is 2. The number of hydrogen-bond donors (Lipinski definition) is 1. The third-order valence-corrected chi connectivity index (χ3v) is 5.26. The Kier molecular flexibility index (Phi) is 4.22. The van der Waals surface area contributed by atoms with Crippen molar-refractivity contribution in [2.45, 2.75) is 26.2 Å². The highest BCUT2D eigenvalue weighted by Gasteiger charge is 2.34. The summed E-state index contributed by atoms with van der Waals surface area (Å²) in [7, 11) is 3.55. The maximum Gasteiger partial charge on any atom is 0.227 e. The van der Waals surface area contributed by atoms with Crippen molar-refractivity contribution in [3.8, 4) is 17.0 Å². The number of carbonyl (C=O) groups excluding carboxylic acids is 1. The van der Waals surface area contributed by atoms with Gasteiger partial charge in [0.05, 0.1) is 30.4 Å². The van der Waals surface area contributed by atoms with Crippen LogP contribution in [0.5, 0.6) is 5.75 Å². The van der Waals surface area contributed by atoms with E-state index in [4.69, 9.17) is 4.74 Å². The lowest BCUT2D eigenvalue weighted by Gasteiger charge is -2.19. The number of H-pyrrole nitrogens is 1. The van der Waals surface area contributed by atoms with Gasteiger partial charge in [-0.3, -0.25) is 9.48 Å². The standard InChI is InChI=1S/C20H23N5O2/c1-12-19(13(2)24(3)23-12)15-10-21-20(22-15)14-9-18(26)25(11-14)16-7-5-6-8-17(16)27-4/h5-8,10,14H,9,11H2,1-4H3,(H,21,22)/t14-/m0/s1. The number of nitrogens with one attached hydrogen (secondary N) is 1. The summed E-state index contributed by atoms with van der Waals surface area (Å²) in [4.78, 5) is 22.4. The van der Waals surface area contributed by atoms with E-state index in [1.807, 2.05) is 56.0 Å². The van der Waals surface area contributed by atoms with Crippen LogP contribution in [0.4, 0.5) is 5.69 Å². The van der Waals surface area contributed by atoms with Gasteiger partial charge in [0.1, 0.15) is 11.6 Å². The van der Waals surface area contributed by atoms with E-state index in [9.17, 15) is 4.79 Å². The molecular weight excluding hydrogens is 342 g/mol. The summed E-state index contributed by atoms with van der Waals surface area (Å²) in [6, 6.07) is 7.60. The van der Waals surface area contributed by atoms with E-state index >= 15 is 0 Å². The van der Waals surface area contributed by atoms with Crippen LogP contribution in [-0.2, 0) is 11.8 Å². The third kappa shape index (κ3) is 2.89. The summed E-state index contributed by atoms with van der Waals surface area (Å²) in [6.45, 7) is 4.61. The van der Waals surface area contributed by atoms with Gasteiger partial charge in [-0.1, -0.05) is 12.1 Å². The number of amides is 1. The number of aryl methyl sites for hydroxylation is 2. The second kappa shape index (κ2) is 6.57. The Morgan fingerprint density at radius 2 is 2.04 bits per heavy atom. The Hall–Kier alpha value is -3.09. The summed E-state index contributed by atoms with van der Waals surface area (Å²) < 4.78 is 7.28. The third-order valence-electron chi connectivity index (χ3n) is 5.26. The molecule has 1 N–H and O–H groups in total. The number of nitrogens with zero attached hydrogens (tertiary/aromatic N) is 4. The number of benzene rings is 1. The maximum atomic E-state index is 12.6. The number of anilines is 1. The number of ether oxygens (including phenoxy) is 1. The van der Waals surface area contributed by atoms with Gasteiger partial charge in [0.15, 0.2) is 0 Å². The van der Waals surface area contributed by atoms with Crippen LogP contribution in [0, 0.1) is 13.8 Å². The zero-order chi connectivity index (χ0) is 19.1. The van der Waals surface area contributed by atoms with Gasteiger partial charge in [-0.2, -0.15) is 5.10 Å². The molecule has 7 nitrogen and oxygen atoms in total. The van der Waals surface area contributed by atoms with E-state index < -0.39 is 0 Å². The van der Waals surface area contributed by atoms with Crippen molar-refractivity contribution in [1.29, 1.82) is 0 Å². The van der Waals surface area contributed by atoms with Crippen LogP contribution in [0.15, 0.2) is 30.5 Å². The maximum absolute atomic E-state index is 12.6. The van der Waals surface area contributed by atoms with Gasteiger partial charge >= 0.3 is 0 Å². The van der Waals surface area contributed by atoms with E-state index in [1.165, 1.54) is 0 Å². The van der Waals surface area contributed by atoms with E-state index in [0.29, 0.717) is 18.7 Å². The van der Waals surface area contributed by atoms with Crippen molar-refractivity contribution < 1.29 is 9.53 Å². The molecule has 3 aromatic rings. The predicted octanol–water partition coefficient (Wildman–Crippen LogP) is 2.96. The Balaban J connectivity index is 1.61. The van der Waals surface area contributed by atoms with Crippen LogP contribution in [-0.4, -0.2) is 39.3 Å². The largest absolute Gasteiger partial charge is 0.495 e. The average Bonchev–Trinajstić information content (AvgIpc) is 3.34. The van der Waals surface area contributed by atoms with Gasteiger partial charge in [-0.25, -0.2) is 4.98 Å². The van der Waals surface area contributed by atoms with Gasteiger partial charge in [0, 0.05) is 37.2 Å². The minimum atomic E-state index is 0.0217. The molecule has 1 aliphatic rings. The smallest absolute Gasteiger partial charge is 0.227 e. The van der Waals surface area contributed by atoms with Crippen molar-refractivity contribution in [3.05, 3.63) is 47.7 Å². The summed E-state index contributed by atoms with van der Waals surface area (Å²) in [5, 5.41) is 4.47. The average molecular weight is 365 g/mol. The van der Waals surface area contributed by atoms with Gasteiger partial charge in [0.25, 0.3) is 0 Å². The summed E-state index contributed by atoms with van der Waals surface area (Å²) in [5.74, 6) is 1.64. The molecule has 4 rings (SSSR count). The molecular formula is C20H23N5O2. The molecule has 0 saturated carbocycles. The fourth-order valence-electron chi connectivity index (χ4n) is 3.81. The van der Waals surface area contributed by atoms with Crippen molar-refractivity contribution in [3.63, 3.8) is 0 Å². The van der Waals surface area contributed by atoms with E-state index in [-0.39, 0.29) is 11.8 Å². The molecule has 0 unspecified atom stereocenters. The normalized spacial score (nSPS) is 17.0. The van der Waals surface area contributed by atoms with E-state index in [2.05, 4.69) is 15.1 Å². The number of aromatic nitrogens is 4.